The molecular formula is C17H28N2O2. The molecule has 0 fully saturated rings. The van der Waals surface area contributed by atoms with Crippen molar-refractivity contribution >= 4 is 5.91 Å². The molecule has 1 aromatic rings. The maximum absolute atomic E-state index is 12.1. The zero-order chi connectivity index (χ0) is 15.7. The molecule has 0 heterocycles. The molecule has 0 aromatic heterocycles. The van der Waals surface area contributed by atoms with Crippen molar-refractivity contribution < 1.29 is 9.53 Å². The van der Waals surface area contributed by atoms with E-state index in [1.165, 1.54) is 0 Å². The van der Waals surface area contributed by atoms with Gasteiger partial charge in [-0.3, -0.25) is 4.79 Å². The first-order valence-corrected chi connectivity index (χ1v) is 7.71. The summed E-state index contributed by atoms with van der Waals surface area (Å²) in [6.07, 6.45) is 1.61. The van der Waals surface area contributed by atoms with E-state index in [-0.39, 0.29) is 17.9 Å². The van der Waals surface area contributed by atoms with Crippen LogP contribution >= 0.6 is 0 Å². The zero-order valence-corrected chi connectivity index (χ0v) is 13.3. The Morgan fingerprint density at radius 1 is 1.24 bits per heavy atom. The van der Waals surface area contributed by atoms with Crippen LogP contribution in [0.5, 0.6) is 5.75 Å². The average Bonchev–Trinajstić information content (AvgIpc) is 2.46. The maximum atomic E-state index is 12.1. The van der Waals surface area contributed by atoms with Gasteiger partial charge in [0.25, 0.3) is 0 Å². The predicted molar refractivity (Wildman–Crippen MR) is 86.2 cm³/mol. The van der Waals surface area contributed by atoms with Crippen molar-refractivity contribution in [3.63, 3.8) is 0 Å². The van der Waals surface area contributed by atoms with E-state index in [1.807, 2.05) is 37.3 Å². The fourth-order valence-corrected chi connectivity index (χ4v) is 2.13. The molecule has 0 saturated carbocycles. The Balaban J connectivity index is 2.30. The lowest BCUT2D eigenvalue weighted by Gasteiger charge is -2.21. The summed E-state index contributed by atoms with van der Waals surface area (Å²) in [6, 6.07) is 9.71. The number of carbonyl (C=O) groups is 1. The third kappa shape index (κ3) is 7.14. The van der Waals surface area contributed by atoms with Crippen molar-refractivity contribution in [3.05, 3.63) is 30.3 Å². The number of para-hydroxylation sites is 1. The van der Waals surface area contributed by atoms with Gasteiger partial charge in [0.1, 0.15) is 5.75 Å². The van der Waals surface area contributed by atoms with Gasteiger partial charge in [0, 0.05) is 18.5 Å². The molecule has 3 N–H and O–H groups in total. The van der Waals surface area contributed by atoms with Crippen molar-refractivity contribution in [2.45, 2.75) is 39.7 Å². The number of nitrogens with one attached hydrogen (secondary N) is 1. The van der Waals surface area contributed by atoms with Crippen LogP contribution in [0.3, 0.4) is 0 Å². The van der Waals surface area contributed by atoms with Crippen molar-refractivity contribution in [2.24, 2.45) is 17.6 Å². The van der Waals surface area contributed by atoms with Crippen LogP contribution in [0.25, 0.3) is 0 Å². The second kappa shape index (κ2) is 9.40. The molecule has 0 aliphatic heterocycles. The molecule has 0 aliphatic rings. The van der Waals surface area contributed by atoms with Gasteiger partial charge in [-0.2, -0.15) is 0 Å². The summed E-state index contributed by atoms with van der Waals surface area (Å²) in [5.74, 6) is 1.35. The highest BCUT2D eigenvalue weighted by atomic mass is 16.5. The molecule has 4 nitrogen and oxygen atoms in total. The summed E-state index contributed by atoms with van der Waals surface area (Å²) in [7, 11) is 0. The van der Waals surface area contributed by atoms with E-state index in [2.05, 4.69) is 19.2 Å². The zero-order valence-electron chi connectivity index (χ0n) is 13.3. The third-order valence-corrected chi connectivity index (χ3v) is 3.40. The van der Waals surface area contributed by atoms with Gasteiger partial charge in [0.2, 0.25) is 5.91 Å². The van der Waals surface area contributed by atoms with Crippen LogP contribution < -0.4 is 15.8 Å². The van der Waals surface area contributed by atoms with Gasteiger partial charge in [-0.25, -0.2) is 0 Å². The van der Waals surface area contributed by atoms with Crippen LogP contribution in [0.1, 0.15) is 33.6 Å². The third-order valence-electron chi connectivity index (χ3n) is 3.40. The first-order chi connectivity index (χ1) is 10.0. The second-order valence-corrected chi connectivity index (χ2v) is 5.92. The predicted octanol–water partition coefficient (Wildman–Crippen LogP) is 2.58. The molecule has 0 bridgehead atoms. The number of carbonyl (C=O) groups excluding carboxylic acids is 1. The van der Waals surface area contributed by atoms with E-state index in [4.69, 9.17) is 10.5 Å². The minimum atomic E-state index is -0.0741. The van der Waals surface area contributed by atoms with Crippen LogP contribution in [0.4, 0.5) is 0 Å². The summed E-state index contributed by atoms with van der Waals surface area (Å²) < 4.78 is 5.62. The van der Waals surface area contributed by atoms with Crippen LogP contribution in [0.2, 0.25) is 0 Å². The number of hydrogen-bond donors (Lipinski definition) is 2. The largest absolute Gasteiger partial charge is 0.494 e. The molecule has 0 saturated heterocycles. The van der Waals surface area contributed by atoms with Crippen molar-refractivity contribution in [2.75, 3.05) is 13.2 Å². The lowest BCUT2D eigenvalue weighted by molar-refractivity contribution is -0.125. The lowest BCUT2D eigenvalue weighted by Crippen LogP contribution is -2.43. The van der Waals surface area contributed by atoms with E-state index >= 15 is 0 Å². The summed E-state index contributed by atoms with van der Waals surface area (Å²) in [5.41, 5.74) is 5.71. The number of hydrogen-bond acceptors (Lipinski definition) is 3. The van der Waals surface area contributed by atoms with E-state index < -0.39 is 0 Å². The number of amides is 1. The van der Waals surface area contributed by atoms with Crippen LogP contribution in [0.15, 0.2) is 30.3 Å². The Morgan fingerprint density at radius 2 is 1.90 bits per heavy atom. The highest BCUT2D eigenvalue weighted by molar-refractivity contribution is 5.78. The lowest BCUT2D eigenvalue weighted by atomic mass is 10.0. The molecule has 2 atom stereocenters. The number of benzene rings is 1. The first kappa shape index (κ1) is 17.5. The highest BCUT2D eigenvalue weighted by Gasteiger charge is 2.17. The van der Waals surface area contributed by atoms with E-state index in [9.17, 15) is 4.79 Å². The molecule has 0 spiro atoms. The fourth-order valence-electron chi connectivity index (χ4n) is 2.13. The second-order valence-electron chi connectivity index (χ2n) is 5.92. The van der Waals surface area contributed by atoms with Crippen molar-refractivity contribution in [1.82, 2.24) is 5.32 Å². The van der Waals surface area contributed by atoms with Crippen LogP contribution in [-0.4, -0.2) is 25.1 Å². The molecule has 2 unspecified atom stereocenters. The Morgan fingerprint density at radius 3 is 2.48 bits per heavy atom. The van der Waals surface area contributed by atoms with E-state index in [0.29, 0.717) is 25.5 Å². The van der Waals surface area contributed by atoms with Crippen molar-refractivity contribution in [1.29, 1.82) is 0 Å². The minimum Gasteiger partial charge on any atom is -0.494 e. The summed E-state index contributed by atoms with van der Waals surface area (Å²) in [5, 5.41) is 3.03. The first-order valence-electron chi connectivity index (χ1n) is 7.71. The fraction of sp³-hybridized carbons (Fsp3) is 0.588. The van der Waals surface area contributed by atoms with Crippen LogP contribution in [0, 0.1) is 11.8 Å². The SMILES string of the molecule is CC(C)CC(CN)NC(=O)C(C)CCOc1ccccc1. The van der Waals surface area contributed by atoms with Gasteiger partial charge < -0.3 is 15.8 Å². The Labute approximate surface area is 128 Å². The van der Waals surface area contributed by atoms with E-state index in [0.717, 1.165) is 12.2 Å². The monoisotopic (exact) mass is 292 g/mol. The quantitative estimate of drug-likeness (QED) is 0.735. The van der Waals surface area contributed by atoms with Gasteiger partial charge in [-0.1, -0.05) is 39.0 Å². The molecule has 118 valence electrons. The van der Waals surface area contributed by atoms with Gasteiger partial charge in [0.15, 0.2) is 0 Å². The Kier molecular flexibility index (Phi) is 7.83. The number of rotatable bonds is 9. The highest BCUT2D eigenvalue weighted by Crippen LogP contribution is 2.11. The summed E-state index contributed by atoms with van der Waals surface area (Å²) >= 11 is 0. The average molecular weight is 292 g/mol. The standard InChI is InChI=1S/C17H28N2O2/c1-13(2)11-15(12-18)19-17(20)14(3)9-10-21-16-7-5-4-6-8-16/h4-8,13-15H,9-12,18H2,1-3H3,(H,19,20). The minimum absolute atomic E-state index is 0.0581. The molecule has 4 heteroatoms. The van der Waals surface area contributed by atoms with Crippen molar-refractivity contribution in [3.8, 4) is 5.75 Å². The summed E-state index contributed by atoms with van der Waals surface area (Å²) in [4.78, 5) is 12.1. The maximum Gasteiger partial charge on any atom is 0.223 e. The molecule has 0 aliphatic carbocycles. The Bertz CT molecular complexity index is 407. The topological polar surface area (TPSA) is 64.3 Å². The molecule has 21 heavy (non-hydrogen) atoms. The molecule has 1 rings (SSSR count). The summed E-state index contributed by atoms with van der Waals surface area (Å²) in [6.45, 7) is 7.21. The van der Waals surface area contributed by atoms with E-state index in [1.54, 1.807) is 0 Å². The van der Waals surface area contributed by atoms with Gasteiger partial charge in [-0.15, -0.1) is 0 Å². The molecule has 1 amide bonds. The van der Waals surface area contributed by atoms with Gasteiger partial charge >= 0.3 is 0 Å². The smallest absolute Gasteiger partial charge is 0.223 e. The van der Waals surface area contributed by atoms with Gasteiger partial charge in [0.05, 0.1) is 6.61 Å². The number of nitrogens with two attached hydrogens (primary N) is 1. The van der Waals surface area contributed by atoms with Gasteiger partial charge in [-0.05, 0) is 30.9 Å². The molecule has 0 radical (unpaired) electrons. The normalized spacial score (nSPS) is 13.8. The molecule has 1 aromatic carbocycles. The van der Waals surface area contributed by atoms with Crippen LogP contribution in [-0.2, 0) is 4.79 Å². The Hall–Kier alpha value is -1.55. The molecular weight excluding hydrogens is 264 g/mol. The number of ether oxygens (including phenoxy) is 1.